The molecule has 0 spiro atoms. The molecule has 3 atom stereocenters. The molecule has 0 radical (unpaired) electrons. The van der Waals surface area contributed by atoms with Crippen LogP contribution in [0.3, 0.4) is 0 Å². The smallest absolute Gasteiger partial charge is 0.335 e. The predicted octanol–water partition coefficient (Wildman–Crippen LogP) is 3.97. The Morgan fingerprint density at radius 1 is 1.19 bits per heavy atom. The van der Waals surface area contributed by atoms with Crippen molar-refractivity contribution in [2.75, 3.05) is 6.61 Å². The number of carbonyl (C=O) groups is 2. The molecule has 0 bridgehead atoms. The van der Waals surface area contributed by atoms with Crippen molar-refractivity contribution in [1.82, 2.24) is 4.90 Å². The van der Waals surface area contributed by atoms with Crippen molar-refractivity contribution in [2.24, 2.45) is 11.8 Å². The highest BCUT2D eigenvalue weighted by molar-refractivity contribution is 5.87. The lowest BCUT2D eigenvalue weighted by Gasteiger charge is -2.34. The summed E-state index contributed by atoms with van der Waals surface area (Å²) in [5, 5.41) is 8.98. The monoisotopic (exact) mass is 359 g/mol. The lowest BCUT2D eigenvalue weighted by molar-refractivity contribution is -0.136. The van der Waals surface area contributed by atoms with Crippen LogP contribution in [0.25, 0.3) is 0 Å². The number of carboxylic acid groups (broad SMARTS) is 1. The van der Waals surface area contributed by atoms with Gasteiger partial charge in [-0.05, 0) is 55.4 Å². The van der Waals surface area contributed by atoms with Crippen LogP contribution >= 0.6 is 0 Å². The van der Waals surface area contributed by atoms with E-state index in [4.69, 9.17) is 9.84 Å². The largest absolute Gasteiger partial charge is 0.491 e. The summed E-state index contributed by atoms with van der Waals surface area (Å²) in [7, 11) is 0. The molecule has 1 saturated carbocycles. The fourth-order valence-electron chi connectivity index (χ4n) is 4.44. The second kappa shape index (κ2) is 8.11. The Labute approximate surface area is 155 Å². The lowest BCUT2D eigenvalue weighted by atomic mass is 9.84. The molecule has 1 aliphatic heterocycles. The van der Waals surface area contributed by atoms with Crippen molar-refractivity contribution in [3.8, 4) is 5.75 Å². The van der Waals surface area contributed by atoms with Crippen molar-refractivity contribution in [3.05, 3.63) is 29.8 Å². The predicted molar refractivity (Wildman–Crippen MR) is 99.3 cm³/mol. The van der Waals surface area contributed by atoms with E-state index in [0.29, 0.717) is 36.7 Å². The number of fused-ring (bicyclic) bond motifs is 1. The van der Waals surface area contributed by atoms with Gasteiger partial charge in [-0.1, -0.05) is 26.7 Å². The number of carboxylic acids is 1. The number of hydrogen-bond donors (Lipinski definition) is 1. The second-order valence-corrected chi connectivity index (χ2v) is 8.04. The van der Waals surface area contributed by atoms with Crippen LogP contribution in [-0.2, 0) is 4.79 Å². The van der Waals surface area contributed by atoms with Gasteiger partial charge in [-0.3, -0.25) is 4.79 Å². The van der Waals surface area contributed by atoms with E-state index in [2.05, 4.69) is 18.7 Å². The zero-order chi connectivity index (χ0) is 18.7. The average molecular weight is 359 g/mol. The maximum absolute atomic E-state index is 12.9. The van der Waals surface area contributed by atoms with Crippen LogP contribution in [0, 0.1) is 11.8 Å². The summed E-state index contributed by atoms with van der Waals surface area (Å²) in [6.45, 7) is 4.65. The maximum atomic E-state index is 12.9. The van der Waals surface area contributed by atoms with Crippen LogP contribution in [0.15, 0.2) is 24.3 Å². The first-order valence-corrected chi connectivity index (χ1v) is 9.73. The van der Waals surface area contributed by atoms with E-state index in [1.165, 1.54) is 19.3 Å². The van der Waals surface area contributed by atoms with Gasteiger partial charge in [-0.15, -0.1) is 0 Å². The summed E-state index contributed by atoms with van der Waals surface area (Å²) in [5.41, 5.74) is 0.248. The zero-order valence-corrected chi connectivity index (χ0v) is 15.7. The van der Waals surface area contributed by atoms with Gasteiger partial charge in [0.2, 0.25) is 5.91 Å². The van der Waals surface area contributed by atoms with Gasteiger partial charge in [0.05, 0.1) is 11.6 Å². The lowest BCUT2D eigenvalue weighted by Crippen LogP contribution is -2.45. The topological polar surface area (TPSA) is 66.8 Å². The molecular formula is C21H29NO4. The third-order valence-electron chi connectivity index (χ3n) is 5.61. The summed E-state index contributed by atoms with van der Waals surface area (Å²) in [6.07, 6.45) is 6.39. The minimum atomic E-state index is -0.943. The molecule has 0 aromatic heterocycles. The van der Waals surface area contributed by atoms with Crippen molar-refractivity contribution in [2.45, 2.75) is 64.5 Å². The van der Waals surface area contributed by atoms with Gasteiger partial charge in [-0.25, -0.2) is 4.79 Å². The molecule has 1 heterocycles. The quantitative estimate of drug-likeness (QED) is 0.834. The fraction of sp³-hybridized carbons (Fsp3) is 0.619. The van der Waals surface area contributed by atoms with Crippen molar-refractivity contribution >= 4 is 11.9 Å². The van der Waals surface area contributed by atoms with Gasteiger partial charge in [0.25, 0.3) is 0 Å². The highest BCUT2D eigenvalue weighted by atomic mass is 16.5. The molecule has 2 fully saturated rings. The van der Waals surface area contributed by atoms with Crippen molar-refractivity contribution in [3.63, 3.8) is 0 Å². The summed E-state index contributed by atoms with van der Waals surface area (Å²) >= 11 is 0. The number of benzene rings is 1. The van der Waals surface area contributed by atoms with Crippen molar-refractivity contribution in [1.29, 1.82) is 0 Å². The van der Waals surface area contributed by atoms with Gasteiger partial charge in [0, 0.05) is 12.5 Å². The molecule has 1 aromatic carbocycles. The molecule has 1 N–H and O–H groups in total. The van der Waals surface area contributed by atoms with Crippen LogP contribution in [0.4, 0.5) is 0 Å². The highest BCUT2D eigenvalue weighted by Gasteiger charge is 2.44. The summed E-state index contributed by atoms with van der Waals surface area (Å²) in [5.74, 6) is 0.922. The first kappa shape index (κ1) is 18.7. The standard InChI is InChI=1S/C21H29NO4/c1-14(2)11-20(23)22-17(12-16-5-3-4-6-19(16)22)13-26-18-9-7-15(8-10-18)21(24)25/h7-10,14,16-17,19H,3-6,11-13H2,1-2H3,(H,24,25). The number of amides is 1. The van der Waals surface area contributed by atoms with Gasteiger partial charge < -0.3 is 14.7 Å². The van der Waals surface area contributed by atoms with Gasteiger partial charge >= 0.3 is 5.97 Å². The van der Waals surface area contributed by atoms with Crippen molar-refractivity contribution < 1.29 is 19.4 Å². The first-order valence-electron chi connectivity index (χ1n) is 9.73. The number of nitrogens with zero attached hydrogens (tertiary/aromatic N) is 1. The molecule has 142 valence electrons. The number of aromatic carboxylic acids is 1. The van der Waals surface area contributed by atoms with Crippen LogP contribution in [-0.4, -0.2) is 40.6 Å². The molecule has 5 heteroatoms. The SMILES string of the molecule is CC(C)CC(=O)N1C(COc2ccc(C(=O)O)cc2)CC2CCCCC21. The number of ether oxygens (including phenoxy) is 1. The summed E-state index contributed by atoms with van der Waals surface area (Å²) in [4.78, 5) is 25.9. The molecule has 26 heavy (non-hydrogen) atoms. The molecule has 3 rings (SSSR count). The number of likely N-dealkylation sites (tertiary alicyclic amines) is 1. The molecule has 2 aliphatic rings. The maximum Gasteiger partial charge on any atom is 0.335 e. The molecule has 1 aromatic rings. The number of carbonyl (C=O) groups excluding carboxylic acids is 1. The van der Waals surface area contributed by atoms with Gasteiger partial charge in [0.15, 0.2) is 0 Å². The Kier molecular flexibility index (Phi) is 5.84. The second-order valence-electron chi connectivity index (χ2n) is 8.04. The normalized spacial score (nSPS) is 25.2. The Balaban J connectivity index is 1.67. The van der Waals surface area contributed by atoms with E-state index in [1.807, 2.05) is 0 Å². The van der Waals surface area contributed by atoms with Gasteiger partial charge in [0.1, 0.15) is 12.4 Å². The van der Waals surface area contributed by atoms with E-state index in [0.717, 1.165) is 12.8 Å². The Hall–Kier alpha value is -2.04. The Morgan fingerprint density at radius 2 is 1.88 bits per heavy atom. The minimum absolute atomic E-state index is 0.119. The molecule has 1 saturated heterocycles. The van der Waals surface area contributed by atoms with Gasteiger partial charge in [-0.2, -0.15) is 0 Å². The average Bonchev–Trinajstić information content (AvgIpc) is 2.98. The molecule has 5 nitrogen and oxygen atoms in total. The van der Waals surface area contributed by atoms with E-state index < -0.39 is 5.97 Å². The highest BCUT2D eigenvalue weighted by Crippen LogP contribution is 2.40. The number of rotatable bonds is 6. The van der Waals surface area contributed by atoms with E-state index in [1.54, 1.807) is 24.3 Å². The number of hydrogen-bond acceptors (Lipinski definition) is 3. The molecule has 3 unspecified atom stereocenters. The third-order valence-corrected chi connectivity index (χ3v) is 5.61. The summed E-state index contributed by atoms with van der Waals surface area (Å²) < 4.78 is 5.93. The molecule has 1 amide bonds. The molecule has 1 aliphatic carbocycles. The Morgan fingerprint density at radius 3 is 2.54 bits per heavy atom. The van der Waals surface area contributed by atoms with Crippen LogP contribution in [0.5, 0.6) is 5.75 Å². The van der Waals surface area contributed by atoms with E-state index in [-0.39, 0.29) is 17.5 Å². The third kappa shape index (κ3) is 4.19. The van der Waals surface area contributed by atoms with E-state index >= 15 is 0 Å². The summed E-state index contributed by atoms with van der Waals surface area (Å²) in [6, 6.07) is 6.96. The van der Waals surface area contributed by atoms with Crippen LogP contribution < -0.4 is 4.74 Å². The van der Waals surface area contributed by atoms with Crippen LogP contribution in [0.1, 0.15) is 62.7 Å². The van der Waals surface area contributed by atoms with Crippen LogP contribution in [0.2, 0.25) is 0 Å². The Bertz CT molecular complexity index is 640. The first-order chi connectivity index (χ1) is 12.5. The minimum Gasteiger partial charge on any atom is -0.491 e. The molecular weight excluding hydrogens is 330 g/mol. The van der Waals surface area contributed by atoms with E-state index in [9.17, 15) is 9.59 Å². The zero-order valence-electron chi connectivity index (χ0n) is 15.7. The fourth-order valence-corrected chi connectivity index (χ4v) is 4.44.